The minimum atomic E-state index is -0.627. The fourth-order valence-corrected chi connectivity index (χ4v) is 8.26. The van der Waals surface area contributed by atoms with Crippen LogP contribution in [0.5, 0.6) is 0 Å². The van der Waals surface area contributed by atoms with Gasteiger partial charge in [0.15, 0.2) is 0 Å². The summed E-state index contributed by atoms with van der Waals surface area (Å²) in [4.78, 5) is 30.1. The first kappa shape index (κ1) is 26.9. The van der Waals surface area contributed by atoms with Crippen molar-refractivity contribution >= 4 is 39.7 Å². The highest BCUT2D eigenvalue weighted by Crippen LogP contribution is 2.44. The van der Waals surface area contributed by atoms with E-state index in [-0.39, 0.29) is 23.7 Å². The van der Waals surface area contributed by atoms with Crippen LogP contribution >= 0.6 is 22.7 Å². The molecule has 0 fully saturated rings. The smallest absolute Gasteiger partial charge is 0.341 e. The molecule has 0 aliphatic heterocycles. The number of halogens is 1. The molecule has 202 valence electrons. The lowest BCUT2D eigenvalue weighted by Crippen LogP contribution is -2.30. The lowest BCUT2D eigenvalue weighted by atomic mass is 9.86. The second-order valence-corrected chi connectivity index (χ2v) is 13.5. The van der Waals surface area contributed by atoms with Crippen molar-refractivity contribution in [2.45, 2.75) is 90.7 Å². The zero-order valence-electron chi connectivity index (χ0n) is 22.5. The summed E-state index contributed by atoms with van der Waals surface area (Å²) in [6.07, 6.45) is 7.32. The number of carbonyl (C=O) groups is 2. The number of nitrogens with one attached hydrogen (secondary N) is 2. The predicted octanol–water partition coefficient (Wildman–Crippen LogP) is 8.21. The summed E-state index contributed by atoms with van der Waals surface area (Å²) in [6.45, 7) is 8.07. The van der Waals surface area contributed by atoms with Crippen LogP contribution in [0.4, 0.5) is 14.2 Å². The number of aryl methyl sites for hydroxylation is 2. The average Bonchev–Trinajstić information content (AvgIpc) is 3.41. The molecule has 2 heterocycles. The monoisotopic (exact) mass is 554 g/mol. The number of fused-ring (bicyclic) bond motifs is 2. The Morgan fingerprint density at radius 1 is 1.03 bits per heavy atom. The Kier molecular flexibility index (Phi) is 7.65. The van der Waals surface area contributed by atoms with E-state index in [0.717, 1.165) is 65.0 Å². The van der Waals surface area contributed by atoms with Gasteiger partial charge in [-0.1, -0.05) is 19.1 Å². The predicted molar refractivity (Wildman–Crippen MR) is 153 cm³/mol. The van der Waals surface area contributed by atoms with E-state index in [0.29, 0.717) is 17.1 Å². The molecular formula is C30H35FN2O3S2. The summed E-state index contributed by atoms with van der Waals surface area (Å²) in [6, 6.07) is 6.23. The first-order valence-electron chi connectivity index (χ1n) is 13.4. The first-order chi connectivity index (χ1) is 18.1. The van der Waals surface area contributed by atoms with E-state index in [1.807, 2.05) is 20.8 Å². The molecule has 0 spiro atoms. The zero-order chi connectivity index (χ0) is 27.0. The van der Waals surface area contributed by atoms with Gasteiger partial charge in [0.25, 0.3) is 0 Å². The Bertz CT molecular complexity index is 1350. The van der Waals surface area contributed by atoms with Crippen LogP contribution in [0.1, 0.15) is 96.1 Å². The largest absolute Gasteiger partial charge is 0.456 e. The van der Waals surface area contributed by atoms with E-state index in [9.17, 15) is 14.0 Å². The molecule has 2 N–H and O–H groups in total. The Balaban J connectivity index is 1.39. The fraction of sp³-hybridized carbons (Fsp3) is 0.467. The van der Waals surface area contributed by atoms with Crippen LogP contribution < -0.4 is 10.6 Å². The molecule has 2 aromatic heterocycles. The fourth-order valence-electron chi connectivity index (χ4n) is 5.50. The molecule has 1 atom stereocenters. The third-order valence-corrected chi connectivity index (χ3v) is 9.76. The van der Waals surface area contributed by atoms with Gasteiger partial charge in [-0.15, -0.1) is 22.7 Å². The molecule has 1 unspecified atom stereocenters. The summed E-state index contributed by atoms with van der Waals surface area (Å²) in [5.41, 5.74) is 4.29. The number of ether oxygens (including phenoxy) is 1. The van der Waals surface area contributed by atoms with Crippen molar-refractivity contribution < 1.29 is 18.7 Å². The van der Waals surface area contributed by atoms with Gasteiger partial charge < -0.3 is 10.1 Å². The quantitative estimate of drug-likeness (QED) is 0.312. The van der Waals surface area contributed by atoms with E-state index in [4.69, 9.17) is 4.74 Å². The standard InChI is InChI=1S/C30H35FN2O3S2/c1-17-8-7-11-23-24(17)25(28(34)36-30(2,3)4)27(38-23)33-29(35)32-16-21-20-9-5-6-10-22(20)37-26(21)18-12-14-19(31)15-13-18/h12-15,17H,5-11,16H2,1-4H3,(H2,32,33,35). The van der Waals surface area contributed by atoms with Crippen molar-refractivity contribution in [3.05, 3.63) is 62.1 Å². The van der Waals surface area contributed by atoms with Gasteiger partial charge in [0.05, 0.1) is 5.56 Å². The number of thiophene rings is 2. The minimum absolute atomic E-state index is 0.242. The molecular weight excluding hydrogens is 519 g/mol. The summed E-state index contributed by atoms with van der Waals surface area (Å²) in [7, 11) is 0. The van der Waals surface area contributed by atoms with Gasteiger partial charge in [-0.25, -0.2) is 14.0 Å². The molecule has 3 aromatic rings. The van der Waals surface area contributed by atoms with E-state index in [1.54, 1.807) is 23.5 Å². The Morgan fingerprint density at radius 2 is 1.74 bits per heavy atom. The lowest BCUT2D eigenvalue weighted by molar-refractivity contribution is 0.00693. The van der Waals surface area contributed by atoms with Gasteiger partial charge in [0.1, 0.15) is 16.4 Å². The normalized spacial score (nSPS) is 16.9. The molecule has 0 radical (unpaired) electrons. The molecule has 5 nitrogen and oxygen atoms in total. The number of rotatable bonds is 5. The number of urea groups is 1. The highest BCUT2D eigenvalue weighted by molar-refractivity contribution is 7.17. The number of hydrogen-bond acceptors (Lipinski definition) is 5. The van der Waals surface area contributed by atoms with Gasteiger partial charge in [-0.05, 0) is 106 Å². The van der Waals surface area contributed by atoms with E-state index < -0.39 is 5.60 Å². The van der Waals surface area contributed by atoms with Crippen molar-refractivity contribution in [3.63, 3.8) is 0 Å². The number of esters is 1. The minimum Gasteiger partial charge on any atom is -0.456 e. The number of benzene rings is 1. The van der Waals surface area contributed by atoms with E-state index in [2.05, 4.69) is 17.6 Å². The average molecular weight is 555 g/mol. The van der Waals surface area contributed by atoms with Gasteiger partial charge in [0, 0.05) is 21.2 Å². The first-order valence-corrected chi connectivity index (χ1v) is 15.1. The maximum Gasteiger partial charge on any atom is 0.341 e. The Morgan fingerprint density at radius 3 is 2.47 bits per heavy atom. The van der Waals surface area contributed by atoms with Gasteiger partial charge in [-0.3, -0.25) is 5.32 Å². The number of amides is 2. The van der Waals surface area contributed by atoms with Crippen molar-refractivity contribution in [1.82, 2.24) is 5.32 Å². The third-order valence-electron chi connectivity index (χ3n) is 7.20. The van der Waals surface area contributed by atoms with Gasteiger partial charge in [0.2, 0.25) is 0 Å². The van der Waals surface area contributed by atoms with Crippen LogP contribution in [0.3, 0.4) is 0 Å². The molecule has 2 aliphatic carbocycles. The highest BCUT2D eigenvalue weighted by Gasteiger charge is 2.32. The molecule has 0 saturated heterocycles. The SMILES string of the molecule is CC1CCCc2sc(NC(=O)NCc3c(-c4ccc(F)cc4)sc4c3CCCC4)c(C(=O)OC(C)(C)C)c21. The summed E-state index contributed by atoms with van der Waals surface area (Å²) in [5, 5.41) is 6.59. The molecule has 1 aromatic carbocycles. The Hall–Kier alpha value is -2.71. The van der Waals surface area contributed by atoms with Crippen molar-refractivity contribution in [2.24, 2.45) is 0 Å². The van der Waals surface area contributed by atoms with Crippen molar-refractivity contribution in [2.75, 3.05) is 5.32 Å². The molecule has 0 saturated carbocycles. The second kappa shape index (κ2) is 10.8. The lowest BCUT2D eigenvalue weighted by Gasteiger charge is -2.23. The van der Waals surface area contributed by atoms with Crippen LogP contribution in [-0.2, 0) is 30.5 Å². The molecule has 5 rings (SSSR count). The van der Waals surface area contributed by atoms with Crippen molar-refractivity contribution in [3.8, 4) is 10.4 Å². The van der Waals surface area contributed by atoms with E-state index in [1.165, 1.54) is 40.3 Å². The van der Waals surface area contributed by atoms with E-state index >= 15 is 0 Å². The molecule has 0 bridgehead atoms. The number of carbonyl (C=O) groups excluding carboxylic acids is 2. The zero-order valence-corrected chi connectivity index (χ0v) is 24.1. The molecule has 8 heteroatoms. The molecule has 38 heavy (non-hydrogen) atoms. The van der Waals surface area contributed by atoms with Gasteiger partial charge in [-0.2, -0.15) is 0 Å². The van der Waals surface area contributed by atoms with Crippen LogP contribution in [-0.4, -0.2) is 17.6 Å². The highest BCUT2D eigenvalue weighted by atomic mass is 32.1. The number of anilines is 1. The van der Waals surface area contributed by atoms with Gasteiger partial charge >= 0.3 is 12.0 Å². The van der Waals surface area contributed by atoms with Crippen LogP contribution in [0.15, 0.2) is 24.3 Å². The van der Waals surface area contributed by atoms with Crippen molar-refractivity contribution in [1.29, 1.82) is 0 Å². The molecule has 2 amide bonds. The molecule has 2 aliphatic rings. The topological polar surface area (TPSA) is 67.4 Å². The Labute approximate surface area is 231 Å². The summed E-state index contributed by atoms with van der Waals surface area (Å²) in [5.74, 6) is -0.404. The summed E-state index contributed by atoms with van der Waals surface area (Å²) >= 11 is 3.24. The summed E-state index contributed by atoms with van der Waals surface area (Å²) < 4.78 is 19.3. The van der Waals surface area contributed by atoms with Crippen LogP contribution in [0, 0.1) is 5.82 Å². The number of hydrogen-bond donors (Lipinski definition) is 2. The van der Waals surface area contributed by atoms with Crippen LogP contribution in [0.25, 0.3) is 10.4 Å². The van der Waals surface area contributed by atoms with Crippen LogP contribution in [0.2, 0.25) is 0 Å². The second-order valence-electron chi connectivity index (χ2n) is 11.3. The maximum atomic E-state index is 13.6. The maximum absolute atomic E-state index is 13.6. The third kappa shape index (κ3) is 5.66.